The van der Waals surface area contributed by atoms with E-state index in [-0.39, 0.29) is 17.2 Å². The minimum Gasteiger partial charge on any atom is -0.494 e. The lowest BCUT2D eigenvalue weighted by atomic mass is 9.87. The van der Waals surface area contributed by atoms with Crippen LogP contribution in [-0.2, 0) is 10.2 Å². The molecule has 0 spiro atoms. The van der Waals surface area contributed by atoms with Crippen molar-refractivity contribution in [3.63, 3.8) is 0 Å². The zero-order valence-electron chi connectivity index (χ0n) is 16.2. The standard InChI is InChI=1S/C21H28N2O3S/c1-21(2,3)16-8-10-17(11-9-16)26-14-4-7-19(24)22-12-13-23-20(25)18-6-5-15-27-18/h5-6,8-11,15H,4,7,12-14H2,1-3H3,(H,22,24)(H,23,25). The van der Waals surface area contributed by atoms with Crippen LogP contribution in [0, 0.1) is 0 Å². The number of hydrogen-bond donors (Lipinski definition) is 2. The van der Waals surface area contributed by atoms with E-state index in [1.807, 2.05) is 23.6 Å². The van der Waals surface area contributed by atoms with Crippen LogP contribution in [0.25, 0.3) is 0 Å². The Morgan fingerprint density at radius 1 is 1.04 bits per heavy atom. The van der Waals surface area contributed by atoms with E-state index >= 15 is 0 Å². The van der Waals surface area contributed by atoms with E-state index in [1.165, 1.54) is 16.9 Å². The molecule has 6 heteroatoms. The molecule has 2 amide bonds. The van der Waals surface area contributed by atoms with E-state index in [0.29, 0.717) is 37.4 Å². The molecule has 146 valence electrons. The molecule has 1 aromatic heterocycles. The first-order valence-electron chi connectivity index (χ1n) is 9.18. The maximum absolute atomic E-state index is 11.8. The van der Waals surface area contributed by atoms with Gasteiger partial charge in [0.1, 0.15) is 5.75 Å². The highest BCUT2D eigenvalue weighted by Gasteiger charge is 2.13. The van der Waals surface area contributed by atoms with Crippen LogP contribution in [0.4, 0.5) is 0 Å². The number of ether oxygens (including phenoxy) is 1. The lowest BCUT2D eigenvalue weighted by Crippen LogP contribution is -2.34. The highest BCUT2D eigenvalue weighted by Crippen LogP contribution is 2.24. The molecular weight excluding hydrogens is 360 g/mol. The monoisotopic (exact) mass is 388 g/mol. The molecule has 0 atom stereocenters. The van der Waals surface area contributed by atoms with Gasteiger partial charge in [-0.15, -0.1) is 11.3 Å². The van der Waals surface area contributed by atoms with Crippen molar-refractivity contribution in [1.82, 2.24) is 10.6 Å². The molecule has 1 heterocycles. The first kappa shape index (κ1) is 21.0. The van der Waals surface area contributed by atoms with E-state index < -0.39 is 0 Å². The quantitative estimate of drug-likeness (QED) is 0.643. The Morgan fingerprint density at radius 3 is 2.37 bits per heavy atom. The zero-order valence-corrected chi connectivity index (χ0v) is 17.0. The van der Waals surface area contributed by atoms with Crippen molar-refractivity contribution in [3.8, 4) is 5.75 Å². The summed E-state index contributed by atoms with van der Waals surface area (Å²) < 4.78 is 5.69. The molecule has 2 rings (SSSR count). The van der Waals surface area contributed by atoms with Crippen molar-refractivity contribution in [2.75, 3.05) is 19.7 Å². The number of rotatable bonds is 9. The zero-order chi connectivity index (χ0) is 19.7. The SMILES string of the molecule is CC(C)(C)c1ccc(OCCCC(=O)NCCNC(=O)c2cccs2)cc1. The Balaban J connectivity index is 1.55. The summed E-state index contributed by atoms with van der Waals surface area (Å²) in [6.45, 7) is 7.86. The Bertz CT molecular complexity index is 719. The number of carbonyl (C=O) groups excluding carboxylic acids is 2. The first-order valence-corrected chi connectivity index (χ1v) is 10.1. The van der Waals surface area contributed by atoms with E-state index in [1.54, 1.807) is 6.07 Å². The fourth-order valence-electron chi connectivity index (χ4n) is 2.44. The molecule has 2 aromatic rings. The number of carbonyl (C=O) groups is 2. The minimum atomic E-state index is -0.106. The van der Waals surface area contributed by atoms with Crippen molar-refractivity contribution >= 4 is 23.2 Å². The van der Waals surface area contributed by atoms with Gasteiger partial charge in [-0.3, -0.25) is 9.59 Å². The molecule has 2 N–H and O–H groups in total. The lowest BCUT2D eigenvalue weighted by Gasteiger charge is -2.19. The Kier molecular flexibility index (Phi) is 7.85. The average Bonchev–Trinajstić information content (AvgIpc) is 3.17. The summed E-state index contributed by atoms with van der Waals surface area (Å²) >= 11 is 1.40. The van der Waals surface area contributed by atoms with Gasteiger partial charge in [0.15, 0.2) is 0 Å². The molecule has 0 bridgehead atoms. The summed E-state index contributed by atoms with van der Waals surface area (Å²) in [5.74, 6) is 0.678. The van der Waals surface area contributed by atoms with Gasteiger partial charge < -0.3 is 15.4 Å². The molecule has 0 fully saturated rings. The van der Waals surface area contributed by atoms with Crippen LogP contribution in [0.1, 0.15) is 48.8 Å². The van der Waals surface area contributed by atoms with Gasteiger partial charge in [0.05, 0.1) is 11.5 Å². The molecule has 0 saturated heterocycles. The van der Waals surface area contributed by atoms with Crippen LogP contribution in [0.2, 0.25) is 0 Å². The van der Waals surface area contributed by atoms with E-state index in [4.69, 9.17) is 4.74 Å². The molecule has 1 aromatic carbocycles. The second-order valence-corrected chi connectivity index (χ2v) is 8.26. The predicted octanol–water partition coefficient (Wildman–Crippen LogP) is 3.75. The molecule has 0 aliphatic carbocycles. The number of amides is 2. The number of benzene rings is 1. The van der Waals surface area contributed by atoms with Crippen molar-refractivity contribution in [3.05, 3.63) is 52.2 Å². The van der Waals surface area contributed by atoms with Crippen LogP contribution >= 0.6 is 11.3 Å². The Labute approximate surface area is 165 Å². The molecule has 27 heavy (non-hydrogen) atoms. The van der Waals surface area contributed by atoms with E-state index in [2.05, 4.69) is 43.5 Å². The van der Waals surface area contributed by atoms with Gasteiger partial charge in [-0.1, -0.05) is 39.0 Å². The van der Waals surface area contributed by atoms with Crippen molar-refractivity contribution in [1.29, 1.82) is 0 Å². The lowest BCUT2D eigenvalue weighted by molar-refractivity contribution is -0.121. The van der Waals surface area contributed by atoms with Gasteiger partial charge in [0.2, 0.25) is 5.91 Å². The molecule has 0 saturated carbocycles. The first-order chi connectivity index (χ1) is 12.9. The molecule has 0 unspecified atom stereocenters. The molecule has 0 aliphatic heterocycles. The Hall–Kier alpha value is -2.34. The van der Waals surface area contributed by atoms with Crippen molar-refractivity contribution in [2.24, 2.45) is 0 Å². The van der Waals surface area contributed by atoms with Gasteiger partial charge in [-0.25, -0.2) is 0 Å². The second-order valence-electron chi connectivity index (χ2n) is 7.31. The summed E-state index contributed by atoms with van der Waals surface area (Å²) in [6, 6.07) is 11.7. The smallest absolute Gasteiger partial charge is 0.261 e. The van der Waals surface area contributed by atoms with Gasteiger partial charge in [0, 0.05) is 19.5 Å². The number of hydrogen-bond acceptors (Lipinski definition) is 4. The normalized spacial score (nSPS) is 11.1. The molecule has 0 aliphatic rings. The van der Waals surface area contributed by atoms with E-state index in [9.17, 15) is 9.59 Å². The van der Waals surface area contributed by atoms with Gasteiger partial charge in [-0.05, 0) is 41.0 Å². The van der Waals surface area contributed by atoms with E-state index in [0.717, 1.165) is 5.75 Å². The highest BCUT2D eigenvalue weighted by molar-refractivity contribution is 7.12. The van der Waals surface area contributed by atoms with Crippen molar-refractivity contribution < 1.29 is 14.3 Å². The van der Waals surface area contributed by atoms with Crippen LogP contribution < -0.4 is 15.4 Å². The molecule has 0 radical (unpaired) electrons. The summed E-state index contributed by atoms with van der Waals surface area (Å²) in [4.78, 5) is 24.2. The fourth-order valence-corrected chi connectivity index (χ4v) is 3.08. The van der Waals surface area contributed by atoms with Crippen LogP contribution in [-0.4, -0.2) is 31.5 Å². The largest absolute Gasteiger partial charge is 0.494 e. The van der Waals surface area contributed by atoms with Crippen molar-refractivity contribution in [2.45, 2.75) is 39.0 Å². The average molecular weight is 389 g/mol. The second kappa shape index (κ2) is 10.1. The third kappa shape index (κ3) is 7.43. The summed E-state index contributed by atoms with van der Waals surface area (Å²) in [6.07, 6.45) is 1.05. The summed E-state index contributed by atoms with van der Waals surface area (Å²) in [5.41, 5.74) is 1.39. The van der Waals surface area contributed by atoms with Gasteiger partial charge >= 0.3 is 0 Å². The topological polar surface area (TPSA) is 67.4 Å². The fraction of sp³-hybridized carbons (Fsp3) is 0.429. The van der Waals surface area contributed by atoms with Gasteiger partial charge in [-0.2, -0.15) is 0 Å². The third-order valence-electron chi connectivity index (χ3n) is 4.01. The summed E-state index contributed by atoms with van der Waals surface area (Å²) in [5, 5.41) is 7.44. The third-order valence-corrected chi connectivity index (χ3v) is 4.88. The molecule has 5 nitrogen and oxygen atoms in total. The van der Waals surface area contributed by atoms with Crippen LogP contribution in [0.15, 0.2) is 41.8 Å². The van der Waals surface area contributed by atoms with Crippen LogP contribution in [0.5, 0.6) is 5.75 Å². The maximum Gasteiger partial charge on any atom is 0.261 e. The molecular formula is C21H28N2O3S. The summed E-state index contributed by atoms with van der Waals surface area (Å²) in [7, 11) is 0. The minimum absolute atomic E-state index is 0.0351. The number of nitrogens with one attached hydrogen (secondary N) is 2. The number of thiophene rings is 1. The predicted molar refractivity (Wildman–Crippen MR) is 110 cm³/mol. The maximum atomic E-state index is 11.8. The highest BCUT2D eigenvalue weighted by atomic mass is 32.1. The van der Waals surface area contributed by atoms with Gasteiger partial charge in [0.25, 0.3) is 5.91 Å². The Morgan fingerprint density at radius 2 is 1.74 bits per heavy atom. The van der Waals surface area contributed by atoms with Crippen LogP contribution in [0.3, 0.4) is 0 Å².